The van der Waals surface area contributed by atoms with Crippen LogP contribution in [0.3, 0.4) is 0 Å². The van der Waals surface area contributed by atoms with Crippen molar-refractivity contribution in [2.45, 2.75) is 96.0 Å². The smallest absolute Gasteiger partial charge is 0.123 e. The normalized spacial score (nSPS) is 14.7. The third kappa shape index (κ3) is 7.36. The minimum absolute atomic E-state index is 0.0287. The van der Waals surface area contributed by atoms with Crippen LogP contribution in [-0.4, -0.2) is 23.7 Å². The van der Waals surface area contributed by atoms with Crippen molar-refractivity contribution in [3.8, 4) is 11.5 Å². The van der Waals surface area contributed by atoms with Crippen LogP contribution >= 0.6 is 25.3 Å². The van der Waals surface area contributed by atoms with Crippen LogP contribution in [0.25, 0.3) is 0 Å². The topological polar surface area (TPSA) is 18.5 Å². The molecule has 0 aliphatic heterocycles. The molecule has 2 aromatic rings. The van der Waals surface area contributed by atoms with Gasteiger partial charge >= 0.3 is 0 Å². The molecule has 184 valence electrons. The molecule has 0 N–H and O–H groups in total. The largest absolute Gasteiger partial charge is 0.492 e. The highest BCUT2D eigenvalue weighted by atomic mass is 32.1. The third-order valence-electron chi connectivity index (χ3n) is 5.98. The summed E-state index contributed by atoms with van der Waals surface area (Å²) in [7, 11) is 0. The van der Waals surface area contributed by atoms with Crippen LogP contribution < -0.4 is 9.47 Å². The maximum absolute atomic E-state index is 6.12. The van der Waals surface area contributed by atoms with Gasteiger partial charge in [0, 0.05) is 15.9 Å². The molecule has 0 aliphatic rings. The van der Waals surface area contributed by atoms with Crippen LogP contribution in [0.2, 0.25) is 0 Å². The van der Waals surface area contributed by atoms with E-state index in [1.54, 1.807) is 0 Å². The number of ether oxygens (including phenoxy) is 2. The molecule has 0 radical (unpaired) electrons. The van der Waals surface area contributed by atoms with E-state index in [4.69, 9.17) is 9.47 Å². The van der Waals surface area contributed by atoms with E-state index in [1.165, 1.54) is 22.3 Å². The molecule has 33 heavy (non-hydrogen) atoms. The van der Waals surface area contributed by atoms with Crippen molar-refractivity contribution in [3.05, 3.63) is 58.7 Å². The molecule has 2 atom stereocenters. The summed E-state index contributed by atoms with van der Waals surface area (Å²) >= 11 is 8.95. The van der Waals surface area contributed by atoms with Gasteiger partial charge in [-0.25, -0.2) is 0 Å². The Hall–Kier alpha value is -1.26. The molecule has 0 saturated heterocycles. The Morgan fingerprint density at radius 1 is 0.636 bits per heavy atom. The lowest BCUT2D eigenvalue weighted by Crippen LogP contribution is -2.23. The second kappa shape index (κ2) is 10.6. The fourth-order valence-electron chi connectivity index (χ4n) is 3.85. The second-order valence-corrected chi connectivity index (χ2v) is 13.6. The summed E-state index contributed by atoms with van der Waals surface area (Å²) in [5, 5.41) is 0.382. The molecule has 2 nitrogen and oxygen atoms in total. The van der Waals surface area contributed by atoms with Crippen LogP contribution in [0.15, 0.2) is 36.4 Å². The van der Waals surface area contributed by atoms with Crippen LogP contribution in [0.1, 0.15) is 91.5 Å². The van der Waals surface area contributed by atoms with Crippen LogP contribution in [0, 0.1) is 0 Å². The first-order chi connectivity index (χ1) is 15.0. The minimum Gasteiger partial charge on any atom is -0.492 e. The highest BCUT2D eigenvalue weighted by molar-refractivity contribution is 7.81. The van der Waals surface area contributed by atoms with Gasteiger partial charge in [-0.2, -0.15) is 25.3 Å². The van der Waals surface area contributed by atoms with E-state index in [0.717, 1.165) is 11.5 Å². The summed E-state index contributed by atoms with van der Waals surface area (Å²) in [5.74, 6) is 1.89. The maximum Gasteiger partial charge on any atom is 0.123 e. The van der Waals surface area contributed by atoms with Gasteiger partial charge < -0.3 is 9.47 Å². The Morgan fingerprint density at radius 3 is 1.24 bits per heavy atom. The predicted octanol–water partition coefficient (Wildman–Crippen LogP) is 8.00. The van der Waals surface area contributed by atoms with Crippen molar-refractivity contribution in [1.29, 1.82) is 0 Å². The first-order valence-electron chi connectivity index (χ1n) is 11.9. The van der Waals surface area contributed by atoms with Crippen molar-refractivity contribution >= 4 is 25.3 Å². The first kappa shape index (κ1) is 28.0. The van der Waals surface area contributed by atoms with Gasteiger partial charge in [0.1, 0.15) is 11.5 Å². The van der Waals surface area contributed by atoms with Gasteiger partial charge in [-0.05, 0) is 45.2 Å². The summed E-state index contributed by atoms with van der Waals surface area (Å²) in [4.78, 5) is 0. The van der Waals surface area contributed by atoms with Crippen molar-refractivity contribution in [1.82, 2.24) is 0 Å². The number of rotatable bonds is 8. The molecule has 0 fully saturated rings. The maximum atomic E-state index is 6.12. The van der Waals surface area contributed by atoms with Crippen LogP contribution in [0.5, 0.6) is 11.5 Å². The number of hydrogen-bond donors (Lipinski definition) is 2. The molecule has 4 heteroatoms. The Labute approximate surface area is 213 Å². The average molecular weight is 489 g/mol. The fourth-order valence-corrected chi connectivity index (χ4v) is 4.00. The molecule has 0 amide bonds. The van der Waals surface area contributed by atoms with Crippen molar-refractivity contribution < 1.29 is 9.47 Å². The second-order valence-electron chi connectivity index (χ2n) is 11.9. The number of hydrogen-bond acceptors (Lipinski definition) is 4. The first-order valence-corrected chi connectivity index (χ1v) is 13.0. The molecule has 0 aliphatic carbocycles. The Morgan fingerprint density at radius 2 is 0.970 bits per heavy atom. The molecular weight excluding hydrogens is 444 g/mol. The van der Waals surface area contributed by atoms with E-state index >= 15 is 0 Å². The standard InChI is InChI=1S/C29H44O2S2/c1-19(32)17-30-25-13-11-21(15-23(25)27(3,4)5)29(9,10)22-12-14-26(31-18-20(2)33)24(16-22)28(6,7)8/h11-16,19-20,32-33H,17-18H2,1-10H3. The highest BCUT2D eigenvalue weighted by Gasteiger charge is 2.29. The molecule has 0 bridgehead atoms. The Kier molecular flexibility index (Phi) is 8.95. The lowest BCUT2D eigenvalue weighted by atomic mass is 9.73. The summed E-state index contributed by atoms with van der Waals surface area (Å²) in [6.07, 6.45) is 0. The fraction of sp³-hybridized carbons (Fsp3) is 0.586. The van der Waals surface area contributed by atoms with Gasteiger partial charge in [0.25, 0.3) is 0 Å². The molecular formula is C29H44O2S2. The SMILES string of the molecule is CC(S)COc1ccc(C(C)(C)c2ccc(OCC(C)S)c(C(C)(C)C)c2)cc1C(C)(C)C. The molecule has 2 unspecified atom stereocenters. The quantitative estimate of drug-likeness (QED) is 0.367. The lowest BCUT2D eigenvalue weighted by molar-refractivity contribution is 0.313. The van der Waals surface area contributed by atoms with Gasteiger partial charge in [0.2, 0.25) is 0 Å². The summed E-state index contributed by atoms with van der Waals surface area (Å²) in [6.45, 7) is 23.3. The van der Waals surface area contributed by atoms with E-state index in [1.807, 2.05) is 0 Å². The van der Waals surface area contributed by atoms with Gasteiger partial charge in [-0.1, -0.05) is 93.5 Å². The monoisotopic (exact) mass is 488 g/mol. The van der Waals surface area contributed by atoms with E-state index in [9.17, 15) is 0 Å². The molecule has 0 aromatic heterocycles. The number of thiol groups is 2. The van der Waals surface area contributed by atoms with Gasteiger partial charge in [0.15, 0.2) is 0 Å². The molecule has 0 saturated carbocycles. The summed E-state index contributed by atoms with van der Waals surface area (Å²) in [5.41, 5.74) is 4.76. The highest BCUT2D eigenvalue weighted by Crippen LogP contribution is 2.41. The third-order valence-corrected chi connectivity index (χ3v) is 6.28. The molecule has 2 rings (SSSR count). The number of benzene rings is 2. The zero-order valence-corrected chi connectivity index (χ0v) is 24.0. The Bertz CT molecular complexity index is 856. The van der Waals surface area contributed by atoms with Gasteiger partial charge in [0.05, 0.1) is 13.2 Å². The summed E-state index contributed by atoms with van der Waals surface area (Å²) in [6, 6.07) is 13.3. The molecule has 0 heterocycles. The average Bonchev–Trinajstić information content (AvgIpc) is 2.68. The van der Waals surface area contributed by atoms with Gasteiger partial charge in [-0.15, -0.1) is 0 Å². The minimum atomic E-state index is -0.176. The van der Waals surface area contributed by atoms with E-state index < -0.39 is 0 Å². The van der Waals surface area contributed by atoms with Gasteiger partial charge in [-0.3, -0.25) is 0 Å². The van der Waals surface area contributed by atoms with Crippen molar-refractivity contribution in [3.63, 3.8) is 0 Å². The lowest BCUT2D eigenvalue weighted by Gasteiger charge is -2.32. The van der Waals surface area contributed by atoms with Crippen molar-refractivity contribution in [2.24, 2.45) is 0 Å². The van der Waals surface area contributed by atoms with Crippen LogP contribution in [-0.2, 0) is 16.2 Å². The van der Waals surface area contributed by atoms with Crippen molar-refractivity contribution in [2.75, 3.05) is 13.2 Å². The van der Waals surface area contributed by atoms with E-state index in [2.05, 4.69) is 131 Å². The summed E-state index contributed by atoms with van der Waals surface area (Å²) < 4.78 is 12.2. The van der Waals surface area contributed by atoms with E-state index in [0.29, 0.717) is 13.2 Å². The molecule has 2 aromatic carbocycles. The van der Waals surface area contributed by atoms with E-state index in [-0.39, 0.29) is 26.7 Å². The van der Waals surface area contributed by atoms with Crippen LogP contribution in [0.4, 0.5) is 0 Å². The predicted molar refractivity (Wildman–Crippen MR) is 150 cm³/mol. The Balaban J connectivity index is 2.54. The zero-order valence-electron chi connectivity index (χ0n) is 22.2. The zero-order chi connectivity index (χ0) is 25.2. The molecule has 0 spiro atoms.